The van der Waals surface area contributed by atoms with Crippen LogP contribution >= 0.6 is 11.8 Å². The smallest absolute Gasteiger partial charge is 0.238 e. The second-order valence-corrected chi connectivity index (χ2v) is 7.30. The second kappa shape index (κ2) is 7.18. The van der Waals surface area contributed by atoms with Crippen LogP contribution in [0.3, 0.4) is 0 Å². The van der Waals surface area contributed by atoms with Crippen LogP contribution in [0.5, 0.6) is 0 Å². The van der Waals surface area contributed by atoms with E-state index in [1.54, 1.807) is 0 Å². The highest BCUT2D eigenvalue weighted by Crippen LogP contribution is 2.36. The molecule has 1 aliphatic carbocycles. The number of nitrogens with one attached hydrogen (secondary N) is 2. The number of carbonyl (C=O) groups is 2. The van der Waals surface area contributed by atoms with E-state index in [1.165, 1.54) is 37.4 Å². The number of para-hydroxylation sites is 1. The number of amides is 2. The lowest BCUT2D eigenvalue weighted by molar-refractivity contribution is -0.124. The van der Waals surface area contributed by atoms with Gasteiger partial charge in [0, 0.05) is 17.4 Å². The van der Waals surface area contributed by atoms with Crippen molar-refractivity contribution < 1.29 is 9.59 Å². The van der Waals surface area contributed by atoms with Gasteiger partial charge in [0.25, 0.3) is 0 Å². The molecule has 0 radical (unpaired) electrons. The van der Waals surface area contributed by atoms with Crippen molar-refractivity contribution in [3.8, 4) is 0 Å². The molecule has 1 saturated carbocycles. The standard InChI is InChI=1S/C17H22N2O2S/c20-16(18-12-7-3-1-2-4-8-12)11-15-17(21)19-13-9-5-6-10-14(13)22-15/h5-6,9-10,12,15H,1-4,7-8,11H2,(H,18,20)(H,19,21). The Hall–Kier alpha value is -1.49. The van der Waals surface area contributed by atoms with Gasteiger partial charge in [-0.15, -0.1) is 11.8 Å². The molecule has 0 saturated heterocycles. The molecule has 4 nitrogen and oxygen atoms in total. The minimum atomic E-state index is -0.333. The largest absolute Gasteiger partial charge is 0.353 e. The van der Waals surface area contributed by atoms with Crippen molar-refractivity contribution in [1.29, 1.82) is 0 Å². The zero-order valence-electron chi connectivity index (χ0n) is 12.6. The Morgan fingerprint density at radius 1 is 1.18 bits per heavy atom. The topological polar surface area (TPSA) is 58.2 Å². The van der Waals surface area contributed by atoms with Crippen LogP contribution in [0.2, 0.25) is 0 Å². The van der Waals surface area contributed by atoms with Crippen molar-refractivity contribution in [3.05, 3.63) is 24.3 Å². The van der Waals surface area contributed by atoms with E-state index >= 15 is 0 Å². The first-order valence-corrected chi connectivity index (χ1v) is 8.96. The SMILES string of the molecule is O=C(CC1Sc2ccccc2NC1=O)NC1CCCCCC1. The highest BCUT2D eigenvalue weighted by Gasteiger charge is 2.29. The predicted molar refractivity (Wildman–Crippen MR) is 89.0 cm³/mol. The minimum absolute atomic E-state index is 0.000990. The lowest BCUT2D eigenvalue weighted by atomic mass is 10.1. The molecule has 1 aliphatic heterocycles. The van der Waals surface area contributed by atoms with Crippen molar-refractivity contribution in [1.82, 2.24) is 5.32 Å². The molecule has 22 heavy (non-hydrogen) atoms. The highest BCUT2D eigenvalue weighted by molar-refractivity contribution is 8.01. The quantitative estimate of drug-likeness (QED) is 0.841. The van der Waals surface area contributed by atoms with E-state index in [-0.39, 0.29) is 23.5 Å². The van der Waals surface area contributed by atoms with Gasteiger partial charge in [0.15, 0.2) is 0 Å². The van der Waals surface area contributed by atoms with Gasteiger partial charge in [-0.3, -0.25) is 9.59 Å². The summed E-state index contributed by atoms with van der Waals surface area (Å²) in [4.78, 5) is 25.4. The van der Waals surface area contributed by atoms with Crippen molar-refractivity contribution in [2.75, 3.05) is 5.32 Å². The number of hydrogen-bond donors (Lipinski definition) is 2. The van der Waals surface area contributed by atoms with E-state index in [2.05, 4.69) is 10.6 Å². The van der Waals surface area contributed by atoms with Crippen LogP contribution in [0.25, 0.3) is 0 Å². The van der Waals surface area contributed by atoms with Gasteiger partial charge in [-0.25, -0.2) is 0 Å². The molecule has 3 rings (SSSR count). The van der Waals surface area contributed by atoms with Gasteiger partial charge >= 0.3 is 0 Å². The summed E-state index contributed by atoms with van der Waals surface area (Å²) in [6.45, 7) is 0. The van der Waals surface area contributed by atoms with Crippen molar-refractivity contribution in [2.45, 2.75) is 61.1 Å². The van der Waals surface area contributed by atoms with E-state index in [4.69, 9.17) is 0 Å². The molecule has 5 heteroatoms. The van der Waals surface area contributed by atoms with Crippen LogP contribution in [-0.4, -0.2) is 23.1 Å². The molecule has 1 unspecified atom stereocenters. The number of fused-ring (bicyclic) bond motifs is 1. The molecular formula is C17H22N2O2S. The fraction of sp³-hybridized carbons (Fsp3) is 0.529. The van der Waals surface area contributed by atoms with Gasteiger partial charge in [0.1, 0.15) is 0 Å². The van der Waals surface area contributed by atoms with Crippen molar-refractivity contribution in [3.63, 3.8) is 0 Å². The molecule has 2 aliphatic rings. The fourth-order valence-electron chi connectivity index (χ4n) is 3.11. The first-order chi connectivity index (χ1) is 10.7. The number of rotatable bonds is 3. The highest BCUT2D eigenvalue weighted by atomic mass is 32.2. The van der Waals surface area contributed by atoms with E-state index in [1.807, 2.05) is 24.3 Å². The Labute approximate surface area is 135 Å². The number of thioether (sulfide) groups is 1. The minimum Gasteiger partial charge on any atom is -0.353 e. The van der Waals surface area contributed by atoms with Gasteiger partial charge in [-0.1, -0.05) is 37.8 Å². The summed E-state index contributed by atoms with van der Waals surface area (Å²) >= 11 is 1.49. The molecule has 2 N–H and O–H groups in total. The maximum Gasteiger partial charge on any atom is 0.238 e. The normalized spacial score (nSPS) is 22.4. The van der Waals surface area contributed by atoms with Crippen LogP contribution in [0.1, 0.15) is 44.9 Å². The average molecular weight is 318 g/mol. The predicted octanol–water partition coefficient (Wildman–Crippen LogP) is 3.33. The van der Waals surface area contributed by atoms with Crippen LogP contribution in [0.15, 0.2) is 29.2 Å². The molecule has 1 fully saturated rings. The fourth-order valence-corrected chi connectivity index (χ4v) is 4.22. The van der Waals surface area contributed by atoms with E-state index in [0.29, 0.717) is 6.04 Å². The number of carbonyl (C=O) groups excluding carboxylic acids is 2. The third-order valence-electron chi connectivity index (χ3n) is 4.30. The van der Waals surface area contributed by atoms with Gasteiger partial charge in [0.2, 0.25) is 11.8 Å². The molecular weight excluding hydrogens is 296 g/mol. The number of anilines is 1. The van der Waals surface area contributed by atoms with E-state index in [9.17, 15) is 9.59 Å². The average Bonchev–Trinajstić information content (AvgIpc) is 2.76. The molecule has 2 amide bonds. The monoisotopic (exact) mass is 318 g/mol. The zero-order chi connectivity index (χ0) is 15.4. The summed E-state index contributed by atoms with van der Waals surface area (Å²) in [5.41, 5.74) is 0.845. The summed E-state index contributed by atoms with van der Waals surface area (Å²) < 4.78 is 0. The maximum atomic E-state index is 12.2. The van der Waals surface area contributed by atoms with Gasteiger partial charge < -0.3 is 10.6 Å². The Kier molecular flexibility index (Phi) is 5.03. The van der Waals surface area contributed by atoms with Crippen LogP contribution in [0, 0.1) is 0 Å². The Bertz CT molecular complexity index is 553. The zero-order valence-corrected chi connectivity index (χ0v) is 13.5. The lowest BCUT2D eigenvalue weighted by Gasteiger charge is -2.24. The molecule has 0 aromatic heterocycles. The number of hydrogen-bond acceptors (Lipinski definition) is 3. The molecule has 0 bridgehead atoms. The molecule has 1 aromatic rings. The molecule has 1 heterocycles. The maximum absolute atomic E-state index is 12.2. The Balaban J connectivity index is 1.56. The first kappa shape index (κ1) is 15.4. The molecule has 1 atom stereocenters. The molecule has 1 aromatic carbocycles. The van der Waals surface area contributed by atoms with Crippen molar-refractivity contribution >= 4 is 29.3 Å². The molecule has 0 spiro atoms. The third-order valence-corrected chi connectivity index (χ3v) is 5.57. The summed E-state index contributed by atoms with van der Waals surface area (Å²) in [5, 5.41) is 5.67. The lowest BCUT2D eigenvalue weighted by Crippen LogP contribution is -2.39. The third kappa shape index (κ3) is 3.83. The van der Waals surface area contributed by atoms with Crippen LogP contribution < -0.4 is 10.6 Å². The van der Waals surface area contributed by atoms with Gasteiger partial charge in [-0.05, 0) is 25.0 Å². The Morgan fingerprint density at radius 3 is 2.68 bits per heavy atom. The van der Waals surface area contributed by atoms with Crippen molar-refractivity contribution in [2.24, 2.45) is 0 Å². The van der Waals surface area contributed by atoms with Gasteiger partial charge in [0.05, 0.1) is 10.9 Å². The summed E-state index contributed by atoms with van der Waals surface area (Å²) in [6, 6.07) is 8.02. The summed E-state index contributed by atoms with van der Waals surface area (Å²) in [7, 11) is 0. The molecule has 118 valence electrons. The summed E-state index contributed by atoms with van der Waals surface area (Å²) in [5.74, 6) is -0.0707. The second-order valence-electron chi connectivity index (χ2n) is 6.05. The Morgan fingerprint density at radius 2 is 1.91 bits per heavy atom. The first-order valence-electron chi connectivity index (χ1n) is 8.08. The van der Waals surface area contributed by atoms with E-state index in [0.717, 1.165) is 23.4 Å². The van der Waals surface area contributed by atoms with Crippen LogP contribution in [0.4, 0.5) is 5.69 Å². The number of benzene rings is 1. The van der Waals surface area contributed by atoms with Gasteiger partial charge in [-0.2, -0.15) is 0 Å². The van der Waals surface area contributed by atoms with E-state index < -0.39 is 0 Å². The summed E-state index contributed by atoms with van der Waals surface area (Å²) in [6.07, 6.45) is 7.31. The van der Waals surface area contributed by atoms with Crippen LogP contribution in [-0.2, 0) is 9.59 Å².